The third kappa shape index (κ3) is 4.94. The molecule has 2 saturated heterocycles. The summed E-state index contributed by atoms with van der Waals surface area (Å²) >= 11 is 0. The number of likely N-dealkylation sites (tertiary alicyclic amines) is 1. The highest BCUT2D eigenvalue weighted by Gasteiger charge is 2.33. The molecule has 0 saturated carbocycles. The van der Waals surface area contributed by atoms with Crippen LogP contribution >= 0.6 is 0 Å². The number of nitrogens with zero attached hydrogens (tertiary/aromatic N) is 4. The molecule has 0 radical (unpaired) electrons. The van der Waals surface area contributed by atoms with Crippen molar-refractivity contribution in [3.8, 4) is 5.75 Å². The van der Waals surface area contributed by atoms with Crippen molar-refractivity contribution >= 4 is 11.8 Å². The lowest BCUT2D eigenvalue weighted by molar-refractivity contribution is -0.133. The molecule has 5 rings (SSSR count). The molecule has 2 aromatic rings. The highest BCUT2D eigenvalue weighted by Crippen LogP contribution is 2.31. The van der Waals surface area contributed by atoms with Gasteiger partial charge in [0.25, 0.3) is 5.91 Å². The second-order valence-electron chi connectivity index (χ2n) is 10.2. The summed E-state index contributed by atoms with van der Waals surface area (Å²) < 4.78 is 13.0. The van der Waals surface area contributed by atoms with E-state index < -0.39 is 0 Å². The molecule has 1 aromatic carbocycles. The number of aromatic nitrogens is 2. The molecule has 0 unspecified atom stereocenters. The number of fused-ring (bicyclic) bond motifs is 1. The minimum Gasteiger partial charge on any atom is -0.497 e. The van der Waals surface area contributed by atoms with Crippen LogP contribution in [0.3, 0.4) is 0 Å². The van der Waals surface area contributed by atoms with E-state index in [9.17, 15) is 9.59 Å². The van der Waals surface area contributed by atoms with Gasteiger partial charge in [-0.1, -0.05) is 12.1 Å². The number of carbonyl (C=O) groups excluding carboxylic acids is 2. The molecule has 0 N–H and O–H groups in total. The fourth-order valence-corrected chi connectivity index (χ4v) is 5.89. The first-order chi connectivity index (χ1) is 16.9. The third-order valence-corrected chi connectivity index (χ3v) is 7.61. The summed E-state index contributed by atoms with van der Waals surface area (Å²) in [5, 5.41) is 4.70. The van der Waals surface area contributed by atoms with Gasteiger partial charge in [-0.15, -0.1) is 0 Å². The van der Waals surface area contributed by atoms with Gasteiger partial charge in [-0.05, 0) is 69.6 Å². The van der Waals surface area contributed by atoms with Crippen molar-refractivity contribution in [3.05, 3.63) is 46.8 Å². The molecule has 35 heavy (non-hydrogen) atoms. The Hall–Kier alpha value is -2.87. The number of methoxy groups -OCH3 is 1. The first kappa shape index (κ1) is 23.9. The van der Waals surface area contributed by atoms with Crippen molar-refractivity contribution in [3.63, 3.8) is 0 Å². The second kappa shape index (κ2) is 10.0. The van der Waals surface area contributed by atoms with Crippen LogP contribution in [-0.2, 0) is 28.9 Å². The van der Waals surface area contributed by atoms with Crippen LogP contribution in [0.5, 0.6) is 5.75 Å². The standard InChI is InChI=1S/C27H36N4O4/c1-18-15-30(16-19(2)35-18)27(33)26-23-8-5-9-24(23)31(28-26)17-25(32)29-12-10-20(11-13-29)21-6-4-7-22(14-21)34-3/h4,6-7,14,18-20H,5,8-13,15-17H2,1-3H3/t18-,19+. The van der Waals surface area contributed by atoms with E-state index in [1.165, 1.54) is 5.56 Å². The molecule has 3 heterocycles. The molecule has 0 bridgehead atoms. The maximum absolute atomic E-state index is 13.4. The average Bonchev–Trinajstić information content (AvgIpc) is 3.47. The number of morpholine rings is 1. The van der Waals surface area contributed by atoms with Gasteiger partial charge in [-0.2, -0.15) is 5.10 Å². The van der Waals surface area contributed by atoms with E-state index in [2.05, 4.69) is 12.1 Å². The number of hydrogen-bond donors (Lipinski definition) is 0. The average molecular weight is 481 g/mol. The summed E-state index contributed by atoms with van der Waals surface area (Å²) in [6.45, 7) is 6.82. The van der Waals surface area contributed by atoms with E-state index in [-0.39, 0.29) is 30.6 Å². The Kier molecular flexibility index (Phi) is 6.82. The third-order valence-electron chi connectivity index (χ3n) is 7.61. The van der Waals surface area contributed by atoms with Gasteiger partial charge in [0.05, 0.1) is 19.3 Å². The summed E-state index contributed by atoms with van der Waals surface area (Å²) in [6, 6.07) is 8.24. The van der Waals surface area contributed by atoms with Gasteiger partial charge in [0.15, 0.2) is 5.69 Å². The van der Waals surface area contributed by atoms with Crippen LogP contribution in [0.2, 0.25) is 0 Å². The molecular formula is C27H36N4O4. The zero-order valence-electron chi connectivity index (χ0n) is 21.0. The molecule has 0 spiro atoms. The lowest BCUT2D eigenvalue weighted by Gasteiger charge is -2.35. The van der Waals surface area contributed by atoms with Gasteiger partial charge in [0, 0.05) is 37.4 Å². The molecule has 2 fully saturated rings. The fraction of sp³-hybridized carbons (Fsp3) is 0.593. The Bertz CT molecular complexity index is 1080. The van der Waals surface area contributed by atoms with E-state index in [1.54, 1.807) is 11.8 Å². The van der Waals surface area contributed by atoms with Crippen LogP contribution in [0.1, 0.15) is 66.3 Å². The lowest BCUT2D eigenvalue weighted by atomic mass is 9.89. The monoisotopic (exact) mass is 480 g/mol. The van der Waals surface area contributed by atoms with Gasteiger partial charge in [0.1, 0.15) is 12.3 Å². The SMILES string of the molecule is COc1cccc(C2CCN(C(=O)Cn3nc(C(=O)N4C[C@@H](C)O[C@@H](C)C4)c4c3CCC4)CC2)c1. The van der Waals surface area contributed by atoms with E-state index in [1.807, 2.05) is 35.8 Å². The molecule has 3 aliphatic rings. The molecule has 2 aliphatic heterocycles. The molecular weight excluding hydrogens is 444 g/mol. The Morgan fingerprint density at radius 2 is 1.83 bits per heavy atom. The number of rotatable bonds is 5. The predicted octanol–water partition coefficient (Wildman–Crippen LogP) is 3.04. The minimum atomic E-state index is -0.0320. The zero-order valence-corrected chi connectivity index (χ0v) is 21.0. The molecule has 8 heteroatoms. The number of carbonyl (C=O) groups is 2. The Morgan fingerprint density at radius 1 is 1.09 bits per heavy atom. The van der Waals surface area contributed by atoms with Gasteiger partial charge in [0.2, 0.25) is 5.91 Å². The normalized spacial score (nSPS) is 22.8. The molecule has 188 valence electrons. The van der Waals surface area contributed by atoms with Crippen LogP contribution < -0.4 is 4.74 Å². The number of amides is 2. The van der Waals surface area contributed by atoms with Crippen molar-refractivity contribution < 1.29 is 19.1 Å². The quantitative estimate of drug-likeness (QED) is 0.658. The van der Waals surface area contributed by atoms with E-state index in [0.717, 1.165) is 62.2 Å². The maximum atomic E-state index is 13.4. The maximum Gasteiger partial charge on any atom is 0.274 e. The number of hydrogen-bond acceptors (Lipinski definition) is 5. The first-order valence-corrected chi connectivity index (χ1v) is 12.9. The Morgan fingerprint density at radius 3 is 2.54 bits per heavy atom. The van der Waals surface area contributed by atoms with E-state index >= 15 is 0 Å². The van der Waals surface area contributed by atoms with Crippen molar-refractivity contribution in [1.29, 1.82) is 0 Å². The minimum absolute atomic E-state index is 0.0133. The lowest BCUT2D eigenvalue weighted by Crippen LogP contribution is -2.48. The second-order valence-corrected chi connectivity index (χ2v) is 10.2. The Balaban J connectivity index is 1.24. The smallest absolute Gasteiger partial charge is 0.274 e. The number of benzene rings is 1. The Labute approximate surface area is 207 Å². The van der Waals surface area contributed by atoms with Crippen molar-refractivity contribution in [2.45, 2.75) is 70.6 Å². The topological polar surface area (TPSA) is 76.9 Å². The summed E-state index contributed by atoms with van der Waals surface area (Å²) in [5.41, 5.74) is 3.90. The van der Waals surface area contributed by atoms with Gasteiger partial charge < -0.3 is 19.3 Å². The van der Waals surface area contributed by atoms with Crippen LogP contribution in [0.15, 0.2) is 24.3 Å². The summed E-state index contributed by atoms with van der Waals surface area (Å²) in [4.78, 5) is 30.4. The van der Waals surface area contributed by atoms with Crippen LogP contribution in [0.25, 0.3) is 0 Å². The van der Waals surface area contributed by atoms with E-state index in [4.69, 9.17) is 14.6 Å². The number of piperidine rings is 1. The summed E-state index contributed by atoms with van der Waals surface area (Å²) in [5.74, 6) is 1.36. The highest BCUT2D eigenvalue weighted by molar-refractivity contribution is 5.94. The molecule has 8 nitrogen and oxygen atoms in total. The molecule has 2 amide bonds. The van der Waals surface area contributed by atoms with E-state index in [0.29, 0.717) is 24.7 Å². The van der Waals surface area contributed by atoms with Crippen LogP contribution in [-0.4, -0.2) is 76.9 Å². The summed E-state index contributed by atoms with van der Waals surface area (Å²) in [7, 11) is 1.69. The first-order valence-electron chi connectivity index (χ1n) is 12.9. The zero-order chi connectivity index (χ0) is 24.5. The van der Waals surface area contributed by atoms with Crippen molar-refractivity contribution in [2.24, 2.45) is 0 Å². The summed E-state index contributed by atoms with van der Waals surface area (Å²) in [6.07, 6.45) is 4.63. The van der Waals surface area contributed by atoms with Gasteiger partial charge in [-0.25, -0.2) is 0 Å². The molecule has 2 atom stereocenters. The highest BCUT2D eigenvalue weighted by atomic mass is 16.5. The van der Waals surface area contributed by atoms with Gasteiger partial charge in [-0.3, -0.25) is 14.3 Å². The predicted molar refractivity (Wildman–Crippen MR) is 132 cm³/mol. The van der Waals surface area contributed by atoms with Crippen LogP contribution in [0, 0.1) is 0 Å². The van der Waals surface area contributed by atoms with Gasteiger partial charge >= 0.3 is 0 Å². The van der Waals surface area contributed by atoms with Crippen molar-refractivity contribution in [2.75, 3.05) is 33.3 Å². The number of ether oxygens (including phenoxy) is 2. The molecule has 1 aliphatic carbocycles. The molecule has 1 aromatic heterocycles. The van der Waals surface area contributed by atoms with Crippen LogP contribution in [0.4, 0.5) is 0 Å². The fourth-order valence-electron chi connectivity index (χ4n) is 5.89. The van der Waals surface area contributed by atoms with Crippen molar-refractivity contribution in [1.82, 2.24) is 19.6 Å². The largest absolute Gasteiger partial charge is 0.497 e.